The van der Waals surface area contributed by atoms with Crippen LogP contribution in [0.15, 0.2) is 18.5 Å². The van der Waals surface area contributed by atoms with Crippen LogP contribution in [-0.2, 0) is 12.6 Å². The van der Waals surface area contributed by atoms with Crippen LogP contribution in [0.1, 0.15) is 38.4 Å². The number of imidazole rings is 1. The lowest BCUT2D eigenvalue weighted by molar-refractivity contribution is 0.327. The molecule has 1 atom stereocenters. The molecule has 2 aromatic rings. The fourth-order valence-corrected chi connectivity index (χ4v) is 3.23. The molecular formula is C14H20N4. The molecule has 3 rings (SSSR count). The molecule has 0 spiro atoms. The maximum atomic E-state index is 4.82. The molecule has 1 N–H and O–H groups in total. The van der Waals surface area contributed by atoms with Crippen LogP contribution in [0.2, 0.25) is 0 Å². The number of hydrogen-bond acceptors (Lipinski definition) is 3. The minimum atomic E-state index is 0.0719. The Bertz CT molecular complexity index is 552. The molecule has 1 unspecified atom stereocenters. The Balaban J connectivity index is 2.14. The predicted molar refractivity (Wildman–Crippen MR) is 72.3 cm³/mol. The zero-order valence-electron chi connectivity index (χ0n) is 11.1. The summed E-state index contributed by atoms with van der Waals surface area (Å²) in [4.78, 5) is 8.99. The van der Waals surface area contributed by atoms with Crippen molar-refractivity contribution in [2.24, 2.45) is 7.05 Å². The Morgan fingerprint density at radius 1 is 1.50 bits per heavy atom. The largest absolute Gasteiger partial charge is 0.329 e. The number of pyridine rings is 1. The van der Waals surface area contributed by atoms with Gasteiger partial charge in [0.15, 0.2) is 0 Å². The molecule has 2 aromatic heterocycles. The van der Waals surface area contributed by atoms with Crippen LogP contribution in [0.4, 0.5) is 0 Å². The molecule has 18 heavy (non-hydrogen) atoms. The molecule has 1 aliphatic heterocycles. The van der Waals surface area contributed by atoms with E-state index in [1.165, 1.54) is 30.6 Å². The predicted octanol–water partition coefficient (Wildman–Crippen LogP) is 2.35. The highest BCUT2D eigenvalue weighted by atomic mass is 15.2. The summed E-state index contributed by atoms with van der Waals surface area (Å²) in [6.45, 7) is 3.34. The first-order chi connectivity index (χ1) is 8.77. The van der Waals surface area contributed by atoms with Gasteiger partial charge in [-0.15, -0.1) is 0 Å². The maximum absolute atomic E-state index is 4.82. The molecular weight excluding hydrogens is 224 g/mol. The van der Waals surface area contributed by atoms with E-state index in [4.69, 9.17) is 4.98 Å². The number of hydrogen-bond donors (Lipinski definition) is 1. The monoisotopic (exact) mass is 244 g/mol. The standard InChI is InChI=1S/C14H20N4/c1-3-6-14(7-4-8-16-14)13-17-11-10-15-9-5-12(11)18(13)2/h5,9-10,16H,3-4,6-8H2,1-2H3. The van der Waals surface area contributed by atoms with E-state index >= 15 is 0 Å². The molecule has 4 heteroatoms. The maximum Gasteiger partial charge on any atom is 0.130 e. The zero-order valence-corrected chi connectivity index (χ0v) is 11.1. The van der Waals surface area contributed by atoms with Crippen LogP contribution in [0.3, 0.4) is 0 Å². The lowest BCUT2D eigenvalue weighted by Gasteiger charge is -2.28. The molecule has 0 bridgehead atoms. The number of nitrogens with zero attached hydrogens (tertiary/aromatic N) is 3. The number of aryl methyl sites for hydroxylation is 1. The van der Waals surface area contributed by atoms with E-state index in [2.05, 4.69) is 28.8 Å². The van der Waals surface area contributed by atoms with E-state index in [1.54, 1.807) is 0 Å². The van der Waals surface area contributed by atoms with Gasteiger partial charge in [0.05, 0.1) is 17.3 Å². The second kappa shape index (κ2) is 4.35. The Kier molecular flexibility index (Phi) is 2.82. The van der Waals surface area contributed by atoms with Crippen molar-refractivity contribution < 1.29 is 0 Å². The van der Waals surface area contributed by atoms with Crippen molar-refractivity contribution in [3.05, 3.63) is 24.3 Å². The van der Waals surface area contributed by atoms with E-state index in [0.717, 1.165) is 18.5 Å². The van der Waals surface area contributed by atoms with E-state index in [0.29, 0.717) is 0 Å². The smallest absolute Gasteiger partial charge is 0.130 e. The van der Waals surface area contributed by atoms with Gasteiger partial charge in [-0.3, -0.25) is 4.98 Å². The highest BCUT2D eigenvalue weighted by Crippen LogP contribution is 2.35. The fourth-order valence-electron chi connectivity index (χ4n) is 3.23. The van der Waals surface area contributed by atoms with E-state index in [-0.39, 0.29) is 5.54 Å². The second-order valence-electron chi connectivity index (χ2n) is 5.22. The number of rotatable bonds is 3. The molecule has 0 amide bonds. The average Bonchev–Trinajstić information content (AvgIpc) is 2.97. The highest BCUT2D eigenvalue weighted by Gasteiger charge is 2.38. The first-order valence-electron chi connectivity index (χ1n) is 6.79. The molecule has 4 nitrogen and oxygen atoms in total. The van der Waals surface area contributed by atoms with Gasteiger partial charge in [-0.05, 0) is 31.9 Å². The van der Waals surface area contributed by atoms with Gasteiger partial charge in [0.2, 0.25) is 0 Å². The van der Waals surface area contributed by atoms with Crippen LogP contribution < -0.4 is 5.32 Å². The van der Waals surface area contributed by atoms with Gasteiger partial charge in [-0.25, -0.2) is 4.98 Å². The minimum absolute atomic E-state index is 0.0719. The first kappa shape index (κ1) is 11.7. The molecule has 1 aliphatic rings. The second-order valence-corrected chi connectivity index (χ2v) is 5.22. The summed E-state index contributed by atoms with van der Waals surface area (Å²) < 4.78 is 2.23. The fraction of sp³-hybridized carbons (Fsp3) is 0.571. The van der Waals surface area contributed by atoms with Crippen molar-refractivity contribution in [2.75, 3.05) is 6.54 Å². The molecule has 1 saturated heterocycles. The number of nitrogens with one attached hydrogen (secondary N) is 1. The molecule has 96 valence electrons. The van der Waals surface area contributed by atoms with Crippen LogP contribution in [0.25, 0.3) is 11.0 Å². The number of fused-ring (bicyclic) bond motifs is 1. The van der Waals surface area contributed by atoms with Gasteiger partial charge in [-0.1, -0.05) is 13.3 Å². The van der Waals surface area contributed by atoms with Crippen LogP contribution in [-0.4, -0.2) is 21.1 Å². The van der Waals surface area contributed by atoms with Gasteiger partial charge < -0.3 is 9.88 Å². The third-order valence-corrected chi connectivity index (χ3v) is 4.03. The first-order valence-corrected chi connectivity index (χ1v) is 6.79. The van der Waals surface area contributed by atoms with Crippen molar-refractivity contribution in [1.29, 1.82) is 0 Å². The van der Waals surface area contributed by atoms with Crippen LogP contribution in [0, 0.1) is 0 Å². The van der Waals surface area contributed by atoms with Gasteiger partial charge >= 0.3 is 0 Å². The molecule has 0 saturated carbocycles. The summed E-state index contributed by atoms with van der Waals surface area (Å²) in [6.07, 6.45) is 8.44. The summed E-state index contributed by atoms with van der Waals surface area (Å²) in [5.74, 6) is 1.17. The van der Waals surface area contributed by atoms with E-state index < -0.39 is 0 Å². The molecule has 0 radical (unpaired) electrons. The van der Waals surface area contributed by atoms with Gasteiger partial charge in [0.25, 0.3) is 0 Å². The quantitative estimate of drug-likeness (QED) is 0.901. The van der Waals surface area contributed by atoms with Gasteiger partial charge in [0, 0.05) is 13.2 Å². The third-order valence-electron chi connectivity index (χ3n) is 4.03. The average molecular weight is 244 g/mol. The van der Waals surface area contributed by atoms with Crippen LogP contribution in [0.5, 0.6) is 0 Å². The normalized spacial score (nSPS) is 23.9. The minimum Gasteiger partial charge on any atom is -0.329 e. The Morgan fingerprint density at radius 2 is 2.39 bits per heavy atom. The molecule has 1 fully saturated rings. The Hall–Kier alpha value is -1.42. The highest BCUT2D eigenvalue weighted by molar-refractivity contribution is 5.74. The summed E-state index contributed by atoms with van der Waals surface area (Å²) in [6, 6.07) is 2.04. The molecule has 0 aromatic carbocycles. The summed E-state index contributed by atoms with van der Waals surface area (Å²) in [5.41, 5.74) is 2.24. The molecule has 3 heterocycles. The summed E-state index contributed by atoms with van der Waals surface area (Å²) in [5, 5.41) is 3.69. The van der Waals surface area contributed by atoms with Gasteiger partial charge in [-0.2, -0.15) is 0 Å². The van der Waals surface area contributed by atoms with Crippen molar-refractivity contribution >= 4 is 11.0 Å². The van der Waals surface area contributed by atoms with Crippen molar-refractivity contribution in [3.63, 3.8) is 0 Å². The zero-order chi connectivity index (χ0) is 12.6. The lowest BCUT2D eigenvalue weighted by atomic mass is 9.91. The SMILES string of the molecule is CCCC1(c2nc3cnccc3n2C)CCCN1. The lowest BCUT2D eigenvalue weighted by Crippen LogP contribution is -2.39. The van der Waals surface area contributed by atoms with Crippen molar-refractivity contribution in [3.8, 4) is 0 Å². The van der Waals surface area contributed by atoms with E-state index in [9.17, 15) is 0 Å². The van der Waals surface area contributed by atoms with Gasteiger partial charge in [0.1, 0.15) is 11.3 Å². The van der Waals surface area contributed by atoms with E-state index in [1.807, 2.05) is 18.5 Å². The molecule has 0 aliphatic carbocycles. The third kappa shape index (κ3) is 1.63. The Morgan fingerprint density at radius 3 is 3.06 bits per heavy atom. The summed E-state index contributed by atoms with van der Waals surface area (Å²) in [7, 11) is 2.11. The van der Waals surface area contributed by atoms with Crippen molar-refractivity contribution in [1.82, 2.24) is 19.9 Å². The number of aromatic nitrogens is 3. The Labute approximate surface area is 107 Å². The topological polar surface area (TPSA) is 42.7 Å². The summed E-state index contributed by atoms with van der Waals surface area (Å²) >= 11 is 0. The van der Waals surface area contributed by atoms with Crippen LogP contribution >= 0.6 is 0 Å². The van der Waals surface area contributed by atoms with Crippen molar-refractivity contribution in [2.45, 2.75) is 38.1 Å².